The smallest absolute Gasteiger partial charge is 0.0641 e. The van der Waals surface area contributed by atoms with Gasteiger partial charge in [-0.05, 0) is 26.8 Å². The second kappa shape index (κ2) is 6.29. The van der Waals surface area contributed by atoms with Crippen molar-refractivity contribution in [1.29, 1.82) is 5.26 Å². The zero-order valence-electron chi connectivity index (χ0n) is 10.4. The molecule has 0 unspecified atom stereocenters. The van der Waals surface area contributed by atoms with Crippen LogP contribution < -0.4 is 5.32 Å². The minimum atomic E-state index is 0.518. The van der Waals surface area contributed by atoms with Gasteiger partial charge in [-0.15, -0.1) is 0 Å². The molecule has 0 aliphatic rings. The lowest BCUT2D eigenvalue weighted by molar-refractivity contribution is 0.603. The quantitative estimate of drug-likeness (QED) is 0.745. The Morgan fingerprint density at radius 1 is 1.44 bits per heavy atom. The van der Waals surface area contributed by atoms with E-state index in [0.29, 0.717) is 13.0 Å². The number of aryl methyl sites for hydroxylation is 2. The number of aromatic nitrogens is 2. The van der Waals surface area contributed by atoms with Crippen molar-refractivity contribution in [3.8, 4) is 6.07 Å². The first-order chi connectivity index (χ1) is 7.70. The summed E-state index contributed by atoms with van der Waals surface area (Å²) in [4.78, 5) is 0. The second-order valence-electron chi connectivity index (χ2n) is 3.96. The molecular weight excluding hydrogens is 200 g/mol. The van der Waals surface area contributed by atoms with E-state index >= 15 is 0 Å². The molecule has 1 aromatic rings. The molecule has 16 heavy (non-hydrogen) atoms. The second-order valence-corrected chi connectivity index (χ2v) is 3.96. The molecule has 0 aliphatic heterocycles. The van der Waals surface area contributed by atoms with Crippen LogP contribution in [0.5, 0.6) is 0 Å². The molecule has 0 aromatic carbocycles. The average molecular weight is 220 g/mol. The summed E-state index contributed by atoms with van der Waals surface area (Å²) in [6.07, 6.45) is 1.66. The van der Waals surface area contributed by atoms with Crippen LogP contribution in [0.3, 0.4) is 0 Å². The molecule has 4 nitrogen and oxygen atoms in total. The highest BCUT2D eigenvalue weighted by Gasteiger charge is 2.10. The van der Waals surface area contributed by atoms with Crippen molar-refractivity contribution in [3.05, 3.63) is 17.0 Å². The number of nitriles is 1. The molecule has 88 valence electrons. The third kappa shape index (κ3) is 3.07. The number of hydrogen-bond acceptors (Lipinski definition) is 3. The monoisotopic (exact) mass is 220 g/mol. The molecule has 0 fully saturated rings. The minimum absolute atomic E-state index is 0.518. The van der Waals surface area contributed by atoms with E-state index < -0.39 is 0 Å². The van der Waals surface area contributed by atoms with Gasteiger partial charge in [-0.2, -0.15) is 10.4 Å². The number of nitrogens with zero attached hydrogens (tertiary/aromatic N) is 3. The Hall–Kier alpha value is -1.34. The van der Waals surface area contributed by atoms with Gasteiger partial charge in [0.1, 0.15) is 0 Å². The van der Waals surface area contributed by atoms with Crippen LogP contribution >= 0.6 is 0 Å². The summed E-state index contributed by atoms with van der Waals surface area (Å²) in [5.41, 5.74) is 3.52. The SMILES string of the molecule is CCCNCc1c(C)nn(CCC#N)c1C. The maximum absolute atomic E-state index is 8.56. The molecule has 0 saturated carbocycles. The number of hydrogen-bond donors (Lipinski definition) is 1. The fourth-order valence-corrected chi connectivity index (χ4v) is 1.75. The van der Waals surface area contributed by atoms with Crippen molar-refractivity contribution < 1.29 is 0 Å². The van der Waals surface area contributed by atoms with Crippen LogP contribution in [0, 0.1) is 25.2 Å². The van der Waals surface area contributed by atoms with E-state index in [1.807, 2.05) is 11.6 Å². The molecule has 4 heteroatoms. The maximum Gasteiger partial charge on any atom is 0.0641 e. The first-order valence-electron chi connectivity index (χ1n) is 5.81. The highest BCUT2D eigenvalue weighted by atomic mass is 15.3. The summed E-state index contributed by atoms with van der Waals surface area (Å²) in [7, 11) is 0. The van der Waals surface area contributed by atoms with Gasteiger partial charge in [0.25, 0.3) is 0 Å². The summed E-state index contributed by atoms with van der Waals surface area (Å²) in [5, 5.41) is 16.4. The molecule has 0 radical (unpaired) electrons. The van der Waals surface area contributed by atoms with Crippen LogP contribution in [0.25, 0.3) is 0 Å². The average Bonchev–Trinajstić information content (AvgIpc) is 2.54. The highest BCUT2D eigenvalue weighted by molar-refractivity contribution is 5.24. The Kier molecular flexibility index (Phi) is 5.00. The third-order valence-corrected chi connectivity index (χ3v) is 2.70. The Balaban J connectivity index is 2.69. The molecule has 0 aliphatic carbocycles. The van der Waals surface area contributed by atoms with Crippen molar-refractivity contribution in [2.45, 2.75) is 46.7 Å². The van der Waals surface area contributed by atoms with Crippen LogP contribution in [0.15, 0.2) is 0 Å². The topological polar surface area (TPSA) is 53.6 Å². The van der Waals surface area contributed by atoms with Crippen molar-refractivity contribution in [1.82, 2.24) is 15.1 Å². The van der Waals surface area contributed by atoms with Crippen molar-refractivity contribution in [3.63, 3.8) is 0 Å². The van der Waals surface area contributed by atoms with Gasteiger partial charge >= 0.3 is 0 Å². The molecular formula is C12H20N4. The van der Waals surface area contributed by atoms with E-state index in [9.17, 15) is 0 Å². The Morgan fingerprint density at radius 2 is 2.19 bits per heavy atom. The Bertz CT molecular complexity index is 373. The van der Waals surface area contributed by atoms with Crippen molar-refractivity contribution >= 4 is 0 Å². The molecule has 1 heterocycles. The Morgan fingerprint density at radius 3 is 2.81 bits per heavy atom. The van der Waals surface area contributed by atoms with Gasteiger partial charge in [0.05, 0.1) is 24.7 Å². The van der Waals surface area contributed by atoms with Crippen LogP contribution in [0.2, 0.25) is 0 Å². The molecule has 1 N–H and O–H groups in total. The van der Waals surface area contributed by atoms with Gasteiger partial charge in [0.15, 0.2) is 0 Å². The molecule has 0 saturated heterocycles. The number of nitrogens with one attached hydrogen (secondary N) is 1. The zero-order valence-corrected chi connectivity index (χ0v) is 10.4. The fourth-order valence-electron chi connectivity index (χ4n) is 1.75. The summed E-state index contributed by atoms with van der Waals surface area (Å²) < 4.78 is 1.93. The molecule has 0 atom stereocenters. The first kappa shape index (κ1) is 12.7. The summed E-state index contributed by atoms with van der Waals surface area (Å²) in [5.74, 6) is 0. The Labute approximate surface area is 97.3 Å². The lowest BCUT2D eigenvalue weighted by atomic mass is 10.2. The van der Waals surface area contributed by atoms with Gasteiger partial charge in [0, 0.05) is 17.8 Å². The normalized spacial score (nSPS) is 10.4. The van der Waals surface area contributed by atoms with E-state index in [4.69, 9.17) is 5.26 Å². The van der Waals surface area contributed by atoms with E-state index in [1.54, 1.807) is 0 Å². The summed E-state index contributed by atoms with van der Waals surface area (Å²) in [6.45, 7) is 8.85. The van der Waals surface area contributed by atoms with E-state index in [2.05, 4.69) is 30.3 Å². The summed E-state index contributed by atoms with van der Waals surface area (Å²) >= 11 is 0. The van der Waals surface area contributed by atoms with Gasteiger partial charge < -0.3 is 5.32 Å². The van der Waals surface area contributed by atoms with Crippen molar-refractivity contribution in [2.24, 2.45) is 0 Å². The molecule has 1 rings (SSSR count). The first-order valence-corrected chi connectivity index (χ1v) is 5.81. The van der Waals surface area contributed by atoms with Gasteiger partial charge in [0.2, 0.25) is 0 Å². The lowest BCUT2D eigenvalue weighted by Crippen LogP contribution is -2.15. The molecule has 0 spiro atoms. The number of rotatable bonds is 6. The minimum Gasteiger partial charge on any atom is -0.313 e. The molecule has 0 bridgehead atoms. The third-order valence-electron chi connectivity index (χ3n) is 2.70. The van der Waals surface area contributed by atoms with Crippen LogP contribution in [0.4, 0.5) is 0 Å². The maximum atomic E-state index is 8.56. The van der Waals surface area contributed by atoms with Crippen LogP contribution in [-0.2, 0) is 13.1 Å². The predicted molar refractivity (Wildman–Crippen MR) is 63.9 cm³/mol. The van der Waals surface area contributed by atoms with Crippen LogP contribution in [0.1, 0.15) is 36.7 Å². The molecule has 0 amide bonds. The van der Waals surface area contributed by atoms with Gasteiger partial charge in [-0.1, -0.05) is 6.92 Å². The van der Waals surface area contributed by atoms with E-state index in [-0.39, 0.29) is 0 Å². The zero-order chi connectivity index (χ0) is 12.0. The lowest BCUT2D eigenvalue weighted by Gasteiger charge is -2.04. The molecule has 1 aromatic heterocycles. The standard InChI is InChI=1S/C12H20N4/c1-4-7-14-9-12-10(2)15-16(11(12)3)8-5-6-13/h14H,4-5,7-9H2,1-3H3. The fraction of sp³-hybridized carbons (Fsp3) is 0.667. The highest BCUT2D eigenvalue weighted by Crippen LogP contribution is 2.12. The van der Waals surface area contributed by atoms with E-state index in [0.717, 1.165) is 25.2 Å². The van der Waals surface area contributed by atoms with Crippen molar-refractivity contribution in [2.75, 3.05) is 6.54 Å². The van der Waals surface area contributed by atoms with Gasteiger partial charge in [-0.25, -0.2) is 0 Å². The summed E-state index contributed by atoms with van der Waals surface area (Å²) in [6, 6.07) is 2.15. The van der Waals surface area contributed by atoms with Crippen LogP contribution in [-0.4, -0.2) is 16.3 Å². The largest absolute Gasteiger partial charge is 0.313 e. The van der Waals surface area contributed by atoms with E-state index in [1.165, 1.54) is 11.3 Å². The van der Waals surface area contributed by atoms with Gasteiger partial charge in [-0.3, -0.25) is 4.68 Å². The predicted octanol–water partition coefficient (Wildman–Crippen LogP) is 1.91.